The van der Waals surface area contributed by atoms with Crippen LogP contribution in [0.25, 0.3) is 99.9 Å². The molecule has 3 heterocycles. The summed E-state index contributed by atoms with van der Waals surface area (Å²) in [5, 5.41) is 6.59. The number of fused-ring (bicyclic) bond motifs is 7. The molecular formula is C43H25N3O2. The number of para-hydroxylation sites is 2. The molecule has 0 fully saturated rings. The second-order valence-electron chi connectivity index (χ2n) is 12.0. The lowest BCUT2D eigenvalue weighted by molar-refractivity contribution is 0.669. The first-order valence-corrected chi connectivity index (χ1v) is 15.9. The fourth-order valence-corrected chi connectivity index (χ4v) is 6.85. The lowest BCUT2D eigenvalue weighted by Crippen LogP contribution is -2.00. The molecule has 0 aliphatic heterocycles. The van der Waals surface area contributed by atoms with Gasteiger partial charge in [0, 0.05) is 38.2 Å². The van der Waals surface area contributed by atoms with Gasteiger partial charge in [-0.25, -0.2) is 15.0 Å². The highest BCUT2D eigenvalue weighted by molar-refractivity contribution is 6.13. The van der Waals surface area contributed by atoms with Gasteiger partial charge in [-0.3, -0.25) is 0 Å². The first-order chi connectivity index (χ1) is 23.8. The predicted molar refractivity (Wildman–Crippen MR) is 194 cm³/mol. The molecule has 0 aliphatic rings. The maximum atomic E-state index is 6.19. The highest BCUT2D eigenvalue weighted by atomic mass is 16.3. The number of nitrogens with zero attached hydrogens (tertiary/aromatic N) is 3. The van der Waals surface area contributed by atoms with E-state index in [9.17, 15) is 0 Å². The van der Waals surface area contributed by atoms with E-state index in [2.05, 4.69) is 78.9 Å². The van der Waals surface area contributed by atoms with Crippen LogP contribution >= 0.6 is 0 Å². The molecule has 0 saturated carbocycles. The zero-order chi connectivity index (χ0) is 31.6. The first kappa shape index (κ1) is 26.6. The fraction of sp³-hybridized carbons (Fsp3) is 0. The van der Waals surface area contributed by atoms with Crippen molar-refractivity contribution in [3.05, 3.63) is 152 Å². The van der Waals surface area contributed by atoms with Crippen molar-refractivity contribution in [1.29, 1.82) is 0 Å². The summed E-state index contributed by atoms with van der Waals surface area (Å²) in [6.45, 7) is 0. The Bertz CT molecular complexity index is 2830. The summed E-state index contributed by atoms with van der Waals surface area (Å²) in [5.41, 5.74) is 8.45. The number of rotatable bonds is 4. The molecule has 48 heavy (non-hydrogen) atoms. The van der Waals surface area contributed by atoms with E-state index >= 15 is 0 Å². The quantitative estimate of drug-likeness (QED) is 0.197. The van der Waals surface area contributed by atoms with Gasteiger partial charge in [0.15, 0.2) is 17.5 Å². The van der Waals surface area contributed by atoms with E-state index in [1.165, 1.54) is 5.39 Å². The third kappa shape index (κ3) is 4.22. The largest absolute Gasteiger partial charge is 0.456 e. The molecule has 3 aromatic heterocycles. The van der Waals surface area contributed by atoms with Crippen molar-refractivity contribution in [2.45, 2.75) is 0 Å². The molecule has 10 rings (SSSR count). The van der Waals surface area contributed by atoms with Gasteiger partial charge in [-0.2, -0.15) is 0 Å². The molecule has 224 valence electrons. The van der Waals surface area contributed by atoms with Gasteiger partial charge in [0.1, 0.15) is 22.3 Å². The third-order valence-electron chi connectivity index (χ3n) is 9.14. The number of furan rings is 2. The minimum Gasteiger partial charge on any atom is -0.456 e. The van der Waals surface area contributed by atoms with Crippen molar-refractivity contribution < 1.29 is 8.83 Å². The molecule has 0 spiro atoms. The minimum absolute atomic E-state index is 0.602. The Morgan fingerprint density at radius 2 is 0.917 bits per heavy atom. The molecule has 0 unspecified atom stereocenters. The molecule has 10 aromatic rings. The maximum absolute atomic E-state index is 6.19. The van der Waals surface area contributed by atoms with Crippen LogP contribution in [0.1, 0.15) is 0 Å². The highest BCUT2D eigenvalue weighted by Crippen LogP contribution is 2.38. The van der Waals surface area contributed by atoms with Crippen molar-refractivity contribution in [3.63, 3.8) is 0 Å². The van der Waals surface area contributed by atoms with Crippen LogP contribution in [0.4, 0.5) is 0 Å². The molecule has 0 radical (unpaired) electrons. The molecule has 0 bridgehead atoms. The van der Waals surface area contributed by atoms with Gasteiger partial charge in [0.25, 0.3) is 0 Å². The Labute approximate surface area is 274 Å². The molecule has 5 heteroatoms. The molecular weight excluding hydrogens is 590 g/mol. The zero-order valence-electron chi connectivity index (χ0n) is 25.6. The molecule has 0 aliphatic carbocycles. The van der Waals surface area contributed by atoms with Gasteiger partial charge in [-0.1, -0.05) is 121 Å². The Balaban J connectivity index is 1.12. The van der Waals surface area contributed by atoms with Gasteiger partial charge in [-0.15, -0.1) is 0 Å². The number of aromatic nitrogens is 3. The maximum Gasteiger partial charge on any atom is 0.164 e. The lowest BCUT2D eigenvalue weighted by atomic mass is 9.96. The van der Waals surface area contributed by atoms with Crippen molar-refractivity contribution in [2.24, 2.45) is 0 Å². The van der Waals surface area contributed by atoms with Crippen LogP contribution in [-0.4, -0.2) is 15.0 Å². The van der Waals surface area contributed by atoms with Crippen molar-refractivity contribution in [3.8, 4) is 45.3 Å². The molecule has 0 amide bonds. The van der Waals surface area contributed by atoms with E-state index in [0.717, 1.165) is 77.1 Å². The van der Waals surface area contributed by atoms with Crippen LogP contribution in [0.3, 0.4) is 0 Å². The van der Waals surface area contributed by atoms with Gasteiger partial charge < -0.3 is 8.83 Å². The first-order valence-electron chi connectivity index (χ1n) is 15.9. The molecule has 5 nitrogen and oxygen atoms in total. The summed E-state index contributed by atoms with van der Waals surface area (Å²) in [6.07, 6.45) is 0. The summed E-state index contributed by atoms with van der Waals surface area (Å²) in [5.74, 6) is 1.83. The highest BCUT2D eigenvalue weighted by Gasteiger charge is 2.18. The van der Waals surface area contributed by atoms with Gasteiger partial charge in [0.2, 0.25) is 0 Å². The average molecular weight is 616 g/mol. The summed E-state index contributed by atoms with van der Waals surface area (Å²) in [7, 11) is 0. The Hall–Kier alpha value is -6.59. The number of hydrogen-bond donors (Lipinski definition) is 0. The average Bonchev–Trinajstić information content (AvgIpc) is 3.72. The summed E-state index contributed by atoms with van der Waals surface area (Å²) >= 11 is 0. The fourth-order valence-electron chi connectivity index (χ4n) is 6.85. The van der Waals surface area contributed by atoms with E-state index in [1.807, 2.05) is 72.8 Å². The van der Waals surface area contributed by atoms with Crippen LogP contribution < -0.4 is 0 Å². The Kier molecular flexibility index (Phi) is 5.81. The number of hydrogen-bond acceptors (Lipinski definition) is 5. The topological polar surface area (TPSA) is 65.0 Å². The summed E-state index contributed by atoms with van der Waals surface area (Å²) < 4.78 is 12.4. The summed E-state index contributed by atoms with van der Waals surface area (Å²) in [4.78, 5) is 15.1. The van der Waals surface area contributed by atoms with E-state index < -0.39 is 0 Å². The molecule has 0 atom stereocenters. The standard InChI is InChI=1S/C43H25N3O2/c1-2-10-27(11-3-1)41-44-42(46-43(45-41)33-16-9-19-38-40(33)32-14-5-7-18-37(32)47-38)28-22-20-26(21-23-28)30-15-8-12-29-24-39-35(25-34(29)30)31-13-4-6-17-36(31)48-39/h1-25H. The predicted octanol–water partition coefficient (Wildman–Crippen LogP) is 11.5. The second-order valence-corrected chi connectivity index (χ2v) is 12.0. The van der Waals surface area contributed by atoms with Crippen molar-refractivity contribution in [2.75, 3.05) is 0 Å². The van der Waals surface area contributed by atoms with E-state index in [4.69, 9.17) is 23.8 Å². The smallest absolute Gasteiger partial charge is 0.164 e. The monoisotopic (exact) mass is 615 g/mol. The Morgan fingerprint density at radius 1 is 0.333 bits per heavy atom. The van der Waals surface area contributed by atoms with E-state index in [-0.39, 0.29) is 0 Å². The van der Waals surface area contributed by atoms with Crippen LogP contribution in [0.5, 0.6) is 0 Å². The van der Waals surface area contributed by atoms with Gasteiger partial charge >= 0.3 is 0 Å². The minimum atomic E-state index is 0.602. The van der Waals surface area contributed by atoms with Gasteiger partial charge in [-0.05, 0) is 52.2 Å². The normalized spacial score (nSPS) is 11.8. The second kappa shape index (κ2) is 10.5. The van der Waals surface area contributed by atoms with Crippen LogP contribution in [-0.2, 0) is 0 Å². The summed E-state index contributed by atoms with van der Waals surface area (Å²) in [6, 6.07) is 51.7. The van der Waals surface area contributed by atoms with Crippen LogP contribution in [0, 0.1) is 0 Å². The molecule has 0 N–H and O–H groups in total. The third-order valence-corrected chi connectivity index (χ3v) is 9.14. The molecule has 7 aromatic carbocycles. The van der Waals surface area contributed by atoms with E-state index in [1.54, 1.807) is 0 Å². The SMILES string of the molecule is c1ccc(-c2nc(-c3ccc(-c4cccc5cc6oc7ccccc7c6cc45)cc3)nc(-c3cccc4oc5ccccc5c34)n2)cc1. The Morgan fingerprint density at radius 3 is 1.73 bits per heavy atom. The van der Waals surface area contributed by atoms with Crippen LogP contribution in [0.15, 0.2) is 160 Å². The van der Waals surface area contributed by atoms with Crippen LogP contribution in [0.2, 0.25) is 0 Å². The van der Waals surface area contributed by atoms with Crippen molar-refractivity contribution >= 4 is 54.6 Å². The van der Waals surface area contributed by atoms with E-state index in [0.29, 0.717) is 17.5 Å². The van der Waals surface area contributed by atoms with Crippen molar-refractivity contribution in [1.82, 2.24) is 15.0 Å². The lowest BCUT2D eigenvalue weighted by Gasteiger charge is -2.11. The zero-order valence-corrected chi connectivity index (χ0v) is 25.6. The number of benzene rings is 7. The molecule has 0 saturated heterocycles. The van der Waals surface area contributed by atoms with Gasteiger partial charge in [0.05, 0.1) is 0 Å².